The summed E-state index contributed by atoms with van der Waals surface area (Å²) < 4.78 is 5.01. The Morgan fingerprint density at radius 2 is 2.29 bits per heavy atom. The summed E-state index contributed by atoms with van der Waals surface area (Å²) in [5, 5.41) is 3.47. The quantitative estimate of drug-likeness (QED) is 0.789. The van der Waals surface area contributed by atoms with Gasteiger partial charge in [-0.2, -0.15) is 0 Å². The van der Waals surface area contributed by atoms with Crippen molar-refractivity contribution in [3.05, 3.63) is 41.5 Å². The number of aromatic nitrogens is 2. The molecule has 0 atom stereocenters. The first-order chi connectivity index (χ1) is 6.86. The minimum Gasteiger partial charge on any atom is -0.432 e. The standard InChI is InChI=1S/C9H8ClN3O/c10-8-7(2-1-3-11-8)6-13-9-12-4-5-14-9/h1-5H,6H2,(H,12,13). The van der Waals surface area contributed by atoms with Gasteiger partial charge in [0.25, 0.3) is 6.01 Å². The summed E-state index contributed by atoms with van der Waals surface area (Å²) in [4.78, 5) is 7.87. The van der Waals surface area contributed by atoms with E-state index < -0.39 is 0 Å². The van der Waals surface area contributed by atoms with Gasteiger partial charge in [-0.3, -0.25) is 0 Å². The highest BCUT2D eigenvalue weighted by Crippen LogP contribution is 2.13. The lowest BCUT2D eigenvalue weighted by atomic mass is 10.3. The molecular weight excluding hydrogens is 202 g/mol. The van der Waals surface area contributed by atoms with E-state index in [0.717, 1.165) is 5.56 Å². The molecule has 0 aliphatic carbocycles. The Morgan fingerprint density at radius 1 is 1.36 bits per heavy atom. The van der Waals surface area contributed by atoms with Crippen LogP contribution in [0, 0.1) is 0 Å². The molecule has 0 spiro atoms. The first kappa shape index (κ1) is 9.02. The van der Waals surface area contributed by atoms with E-state index in [4.69, 9.17) is 16.0 Å². The van der Waals surface area contributed by atoms with Gasteiger partial charge in [0.1, 0.15) is 11.4 Å². The Balaban J connectivity index is 2.02. The number of hydrogen-bond acceptors (Lipinski definition) is 4. The average molecular weight is 210 g/mol. The first-order valence-corrected chi connectivity index (χ1v) is 4.47. The summed E-state index contributed by atoms with van der Waals surface area (Å²) in [6, 6.07) is 4.20. The van der Waals surface area contributed by atoms with Gasteiger partial charge in [0.2, 0.25) is 0 Å². The van der Waals surface area contributed by atoms with Gasteiger partial charge in [0, 0.05) is 18.3 Å². The molecule has 0 amide bonds. The number of halogens is 1. The SMILES string of the molecule is Clc1ncccc1CNc1ncco1. The smallest absolute Gasteiger partial charge is 0.294 e. The van der Waals surface area contributed by atoms with Crippen molar-refractivity contribution in [2.24, 2.45) is 0 Å². The zero-order valence-corrected chi connectivity index (χ0v) is 8.03. The minimum absolute atomic E-state index is 0.477. The van der Waals surface area contributed by atoms with E-state index in [0.29, 0.717) is 17.7 Å². The predicted octanol–water partition coefficient (Wildman–Crippen LogP) is 2.34. The molecule has 14 heavy (non-hydrogen) atoms. The van der Waals surface area contributed by atoms with Gasteiger partial charge in [-0.25, -0.2) is 9.97 Å². The first-order valence-electron chi connectivity index (χ1n) is 4.09. The second kappa shape index (κ2) is 4.11. The van der Waals surface area contributed by atoms with Crippen LogP contribution in [0.3, 0.4) is 0 Å². The number of oxazole rings is 1. The maximum atomic E-state index is 5.86. The molecule has 2 aromatic heterocycles. The highest BCUT2D eigenvalue weighted by atomic mass is 35.5. The Morgan fingerprint density at radius 3 is 3.00 bits per heavy atom. The van der Waals surface area contributed by atoms with Crippen molar-refractivity contribution in [2.45, 2.75) is 6.54 Å². The fraction of sp³-hybridized carbons (Fsp3) is 0.111. The number of pyridine rings is 1. The summed E-state index contributed by atoms with van der Waals surface area (Å²) in [6.07, 6.45) is 4.73. The van der Waals surface area contributed by atoms with Crippen LogP contribution in [-0.4, -0.2) is 9.97 Å². The second-order valence-corrected chi connectivity index (χ2v) is 3.00. The van der Waals surface area contributed by atoms with Gasteiger partial charge in [0.05, 0.1) is 6.20 Å². The maximum absolute atomic E-state index is 5.86. The molecule has 2 heterocycles. The van der Waals surface area contributed by atoms with Gasteiger partial charge in [-0.05, 0) is 6.07 Å². The van der Waals surface area contributed by atoms with E-state index in [2.05, 4.69) is 15.3 Å². The van der Waals surface area contributed by atoms with Crippen molar-refractivity contribution >= 4 is 17.6 Å². The summed E-state index contributed by atoms with van der Waals surface area (Å²) in [7, 11) is 0. The fourth-order valence-corrected chi connectivity index (χ4v) is 1.22. The molecule has 2 aromatic rings. The monoisotopic (exact) mass is 209 g/mol. The highest BCUT2D eigenvalue weighted by molar-refractivity contribution is 6.30. The number of nitrogens with one attached hydrogen (secondary N) is 1. The molecule has 0 unspecified atom stereocenters. The summed E-state index contributed by atoms with van der Waals surface area (Å²) >= 11 is 5.86. The van der Waals surface area contributed by atoms with E-state index in [9.17, 15) is 0 Å². The molecule has 5 heteroatoms. The zero-order valence-electron chi connectivity index (χ0n) is 7.27. The van der Waals surface area contributed by atoms with Gasteiger partial charge in [-0.1, -0.05) is 17.7 Å². The Labute approximate surface area is 85.9 Å². The predicted molar refractivity (Wildman–Crippen MR) is 53.1 cm³/mol. The van der Waals surface area contributed by atoms with Crippen LogP contribution in [0.5, 0.6) is 0 Å². The molecule has 0 bridgehead atoms. The van der Waals surface area contributed by atoms with Crippen LogP contribution in [0.2, 0.25) is 5.15 Å². The molecule has 0 saturated carbocycles. The molecule has 2 rings (SSSR count). The van der Waals surface area contributed by atoms with E-state index in [1.807, 2.05) is 12.1 Å². The second-order valence-electron chi connectivity index (χ2n) is 2.64. The van der Waals surface area contributed by atoms with E-state index in [1.54, 1.807) is 12.4 Å². The molecule has 0 aromatic carbocycles. The summed E-state index contributed by atoms with van der Waals surface area (Å²) in [6.45, 7) is 0.549. The lowest BCUT2D eigenvalue weighted by molar-refractivity contribution is 0.571. The van der Waals surface area contributed by atoms with Crippen LogP contribution >= 0.6 is 11.6 Å². The normalized spacial score (nSPS) is 10.1. The molecule has 72 valence electrons. The molecule has 0 fully saturated rings. The van der Waals surface area contributed by atoms with Gasteiger partial charge in [0.15, 0.2) is 0 Å². The van der Waals surface area contributed by atoms with Gasteiger partial charge < -0.3 is 9.73 Å². The van der Waals surface area contributed by atoms with Crippen molar-refractivity contribution in [1.82, 2.24) is 9.97 Å². The molecule has 4 nitrogen and oxygen atoms in total. The van der Waals surface area contributed by atoms with Crippen molar-refractivity contribution < 1.29 is 4.42 Å². The van der Waals surface area contributed by atoms with Crippen LogP contribution < -0.4 is 5.32 Å². The maximum Gasteiger partial charge on any atom is 0.294 e. The molecule has 0 saturated heterocycles. The molecule has 0 aliphatic rings. The number of rotatable bonds is 3. The number of anilines is 1. The van der Waals surface area contributed by atoms with Crippen molar-refractivity contribution in [1.29, 1.82) is 0 Å². The number of nitrogens with zero attached hydrogens (tertiary/aromatic N) is 2. The summed E-state index contributed by atoms with van der Waals surface area (Å²) in [5.74, 6) is 0. The lowest BCUT2D eigenvalue weighted by Crippen LogP contribution is -2.00. The highest BCUT2D eigenvalue weighted by Gasteiger charge is 2.01. The van der Waals surface area contributed by atoms with Crippen LogP contribution in [0.4, 0.5) is 6.01 Å². The Kier molecular flexibility index (Phi) is 2.65. The lowest BCUT2D eigenvalue weighted by Gasteiger charge is -2.02. The van der Waals surface area contributed by atoms with E-state index in [1.165, 1.54) is 6.26 Å². The molecule has 1 N–H and O–H groups in total. The van der Waals surface area contributed by atoms with E-state index in [-0.39, 0.29) is 0 Å². The largest absolute Gasteiger partial charge is 0.432 e. The molecule has 0 radical (unpaired) electrons. The van der Waals surface area contributed by atoms with Crippen molar-refractivity contribution in [3.63, 3.8) is 0 Å². The third-order valence-electron chi connectivity index (χ3n) is 1.70. The van der Waals surface area contributed by atoms with Gasteiger partial charge in [-0.15, -0.1) is 0 Å². The van der Waals surface area contributed by atoms with E-state index >= 15 is 0 Å². The third kappa shape index (κ3) is 2.03. The van der Waals surface area contributed by atoms with Crippen LogP contribution in [-0.2, 0) is 6.54 Å². The molecule has 0 aliphatic heterocycles. The van der Waals surface area contributed by atoms with Crippen LogP contribution in [0.1, 0.15) is 5.56 Å². The zero-order chi connectivity index (χ0) is 9.80. The van der Waals surface area contributed by atoms with Crippen molar-refractivity contribution in [3.8, 4) is 0 Å². The minimum atomic E-state index is 0.477. The topological polar surface area (TPSA) is 51.0 Å². The van der Waals surface area contributed by atoms with Crippen LogP contribution in [0.15, 0.2) is 35.2 Å². The summed E-state index contributed by atoms with van der Waals surface area (Å²) in [5.41, 5.74) is 0.910. The average Bonchev–Trinajstić information content (AvgIpc) is 2.69. The number of hydrogen-bond donors (Lipinski definition) is 1. The van der Waals surface area contributed by atoms with Crippen molar-refractivity contribution in [2.75, 3.05) is 5.32 Å². The Hall–Kier alpha value is -1.55. The Bertz CT molecular complexity index is 402. The molecular formula is C9H8ClN3O. The fourth-order valence-electron chi connectivity index (χ4n) is 1.03. The van der Waals surface area contributed by atoms with Gasteiger partial charge >= 0.3 is 0 Å². The van der Waals surface area contributed by atoms with Crippen LogP contribution in [0.25, 0.3) is 0 Å². The third-order valence-corrected chi connectivity index (χ3v) is 2.04.